The second-order valence-corrected chi connectivity index (χ2v) is 8.02. The number of benzene rings is 2. The number of rotatable bonds is 4. The highest BCUT2D eigenvalue weighted by Crippen LogP contribution is 2.39. The van der Waals surface area contributed by atoms with Gasteiger partial charge >= 0.3 is 0 Å². The van der Waals surface area contributed by atoms with Crippen LogP contribution in [0.25, 0.3) is 0 Å². The van der Waals surface area contributed by atoms with E-state index < -0.39 is 23.2 Å². The maximum absolute atomic E-state index is 13.4. The second kappa shape index (κ2) is 8.14. The monoisotopic (exact) mass is 431 g/mol. The molecule has 2 amide bonds. The highest BCUT2D eigenvalue weighted by atomic mass is 35.5. The minimum Gasteiger partial charge on any atom is -0.324 e. The Hall–Kier alpha value is -2.80. The van der Waals surface area contributed by atoms with Gasteiger partial charge in [0.2, 0.25) is 5.91 Å². The zero-order valence-corrected chi connectivity index (χ0v) is 16.9. The Kier molecular flexibility index (Phi) is 5.56. The molecule has 2 aliphatic rings. The molecule has 1 aliphatic carbocycles. The van der Waals surface area contributed by atoms with Crippen LogP contribution in [0.15, 0.2) is 47.5 Å². The van der Waals surface area contributed by atoms with Crippen LogP contribution in [-0.2, 0) is 9.59 Å². The number of hydrogen-bond donors (Lipinski definition) is 1. The summed E-state index contributed by atoms with van der Waals surface area (Å²) in [6.45, 7) is -0.231. The minimum absolute atomic E-state index is 0.124. The van der Waals surface area contributed by atoms with Gasteiger partial charge < -0.3 is 10.2 Å². The fraction of sp³-hybridized carbons (Fsp3) is 0.318. The van der Waals surface area contributed by atoms with E-state index in [4.69, 9.17) is 16.6 Å². The van der Waals surface area contributed by atoms with Crippen molar-refractivity contribution >= 4 is 34.8 Å². The Bertz CT molecular complexity index is 1030. The first-order valence-electron chi connectivity index (χ1n) is 9.81. The van der Waals surface area contributed by atoms with Gasteiger partial charge in [-0.15, -0.1) is 0 Å². The fourth-order valence-corrected chi connectivity index (χ4v) is 4.28. The van der Waals surface area contributed by atoms with Gasteiger partial charge in [0.15, 0.2) is 11.6 Å². The number of amides is 2. The number of hydrogen-bond acceptors (Lipinski definition) is 3. The Morgan fingerprint density at radius 1 is 1.10 bits per heavy atom. The summed E-state index contributed by atoms with van der Waals surface area (Å²) in [5.74, 6) is -2.88. The van der Waals surface area contributed by atoms with Crippen LogP contribution in [0.1, 0.15) is 37.7 Å². The maximum atomic E-state index is 13.4. The first-order chi connectivity index (χ1) is 14.4. The van der Waals surface area contributed by atoms with Crippen LogP contribution in [0.3, 0.4) is 0 Å². The van der Waals surface area contributed by atoms with Crippen LogP contribution in [0, 0.1) is 11.6 Å². The highest BCUT2D eigenvalue weighted by molar-refractivity contribution is 6.47. The standard InChI is InChI=1S/C22H20ClF2N3O2/c23-15-6-4-5-14(11-15)20-21(30)28(22(27-20)9-2-1-3-10-22)13-19(29)26-16-7-8-17(24)18(25)12-16/h4-8,11-12H,1-3,9-10,13H2,(H,26,29). The van der Waals surface area contributed by atoms with E-state index >= 15 is 0 Å². The molecule has 0 aromatic heterocycles. The number of halogens is 3. The van der Waals surface area contributed by atoms with Crippen molar-refractivity contribution in [3.63, 3.8) is 0 Å². The predicted molar refractivity (Wildman–Crippen MR) is 111 cm³/mol. The van der Waals surface area contributed by atoms with E-state index in [0.717, 1.165) is 31.4 Å². The zero-order chi connectivity index (χ0) is 21.3. The van der Waals surface area contributed by atoms with Gasteiger partial charge in [-0.3, -0.25) is 14.6 Å². The third kappa shape index (κ3) is 3.94. The molecular weight excluding hydrogens is 412 g/mol. The van der Waals surface area contributed by atoms with Crippen molar-refractivity contribution in [2.45, 2.75) is 37.8 Å². The molecule has 5 nitrogen and oxygen atoms in total. The van der Waals surface area contributed by atoms with Crippen LogP contribution >= 0.6 is 11.6 Å². The van der Waals surface area contributed by atoms with E-state index in [2.05, 4.69) is 5.32 Å². The lowest BCUT2D eigenvalue weighted by Crippen LogP contribution is -2.51. The smallest absolute Gasteiger partial charge is 0.275 e. The largest absolute Gasteiger partial charge is 0.324 e. The molecule has 0 unspecified atom stereocenters. The van der Waals surface area contributed by atoms with Crippen LogP contribution in [0.2, 0.25) is 5.02 Å². The Morgan fingerprint density at radius 3 is 2.57 bits per heavy atom. The van der Waals surface area contributed by atoms with E-state index in [0.29, 0.717) is 29.1 Å². The number of carbonyl (C=O) groups is 2. The predicted octanol–water partition coefficient (Wildman–Crippen LogP) is 4.55. The van der Waals surface area contributed by atoms with E-state index in [9.17, 15) is 18.4 Å². The molecule has 2 aromatic rings. The van der Waals surface area contributed by atoms with Crippen molar-refractivity contribution in [2.24, 2.45) is 4.99 Å². The topological polar surface area (TPSA) is 61.8 Å². The lowest BCUT2D eigenvalue weighted by atomic mass is 9.88. The average Bonchev–Trinajstić information content (AvgIpc) is 2.97. The number of nitrogens with zero attached hydrogens (tertiary/aromatic N) is 2. The number of carbonyl (C=O) groups excluding carboxylic acids is 2. The van der Waals surface area contributed by atoms with Crippen molar-refractivity contribution in [3.05, 3.63) is 64.7 Å². The molecule has 1 N–H and O–H groups in total. The van der Waals surface area contributed by atoms with E-state index in [-0.39, 0.29) is 18.1 Å². The number of nitrogens with one attached hydrogen (secondary N) is 1. The van der Waals surface area contributed by atoms with Crippen LogP contribution in [0.5, 0.6) is 0 Å². The van der Waals surface area contributed by atoms with Gasteiger partial charge in [0.25, 0.3) is 5.91 Å². The second-order valence-electron chi connectivity index (χ2n) is 7.58. The summed E-state index contributed by atoms with van der Waals surface area (Å²) in [4.78, 5) is 32.2. The van der Waals surface area contributed by atoms with Crippen molar-refractivity contribution in [3.8, 4) is 0 Å². The molecule has 0 atom stereocenters. The molecule has 8 heteroatoms. The lowest BCUT2D eigenvalue weighted by Gasteiger charge is -2.38. The summed E-state index contributed by atoms with van der Waals surface area (Å²) in [6.07, 6.45) is 4.19. The van der Waals surface area contributed by atoms with E-state index in [1.165, 1.54) is 11.0 Å². The molecule has 1 aliphatic heterocycles. The Balaban J connectivity index is 1.58. The number of aliphatic imine (C=N–C) groups is 1. The molecule has 0 bridgehead atoms. The van der Waals surface area contributed by atoms with Gasteiger partial charge in [0, 0.05) is 22.3 Å². The molecule has 0 saturated heterocycles. The minimum atomic E-state index is -1.06. The molecule has 30 heavy (non-hydrogen) atoms. The van der Waals surface area contributed by atoms with Gasteiger partial charge in [-0.25, -0.2) is 8.78 Å². The van der Waals surface area contributed by atoms with Gasteiger partial charge in [-0.05, 0) is 49.9 Å². The first kappa shape index (κ1) is 20.5. The normalized spacial score (nSPS) is 17.9. The van der Waals surface area contributed by atoms with Crippen LogP contribution in [0.4, 0.5) is 14.5 Å². The highest BCUT2D eigenvalue weighted by Gasteiger charge is 2.48. The van der Waals surface area contributed by atoms with Crippen molar-refractivity contribution < 1.29 is 18.4 Å². The van der Waals surface area contributed by atoms with Gasteiger partial charge in [-0.1, -0.05) is 30.2 Å². The number of anilines is 1. The molecule has 1 spiro atoms. The van der Waals surface area contributed by atoms with E-state index in [1.807, 2.05) is 0 Å². The van der Waals surface area contributed by atoms with Gasteiger partial charge in [-0.2, -0.15) is 0 Å². The molecule has 156 valence electrons. The fourth-order valence-electron chi connectivity index (χ4n) is 4.09. The summed E-state index contributed by atoms with van der Waals surface area (Å²) >= 11 is 6.08. The van der Waals surface area contributed by atoms with Crippen molar-refractivity contribution in [2.75, 3.05) is 11.9 Å². The SMILES string of the molecule is O=C(CN1C(=O)C(c2cccc(Cl)c2)=NC12CCCCC2)Nc1ccc(F)c(F)c1. The quantitative estimate of drug-likeness (QED) is 0.772. The Labute approximate surface area is 177 Å². The van der Waals surface area contributed by atoms with E-state index in [1.54, 1.807) is 24.3 Å². The molecule has 1 saturated carbocycles. The Morgan fingerprint density at radius 2 is 1.87 bits per heavy atom. The molecule has 4 rings (SSSR count). The van der Waals surface area contributed by atoms with Crippen molar-refractivity contribution in [1.29, 1.82) is 0 Å². The van der Waals surface area contributed by atoms with Gasteiger partial charge in [0.05, 0.1) is 0 Å². The third-order valence-electron chi connectivity index (χ3n) is 5.53. The summed E-state index contributed by atoms with van der Waals surface area (Å²) in [5, 5.41) is 3.03. The van der Waals surface area contributed by atoms with Crippen molar-refractivity contribution in [1.82, 2.24) is 4.90 Å². The summed E-state index contributed by atoms with van der Waals surface area (Å²) in [5.41, 5.74) is 0.262. The average molecular weight is 432 g/mol. The lowest BCUT2D eigenvalue weighted by molar-refractivity contribution is -0.134. The first-order valence-corrected chi connectivity index (χ1v) is 10.2. The van der Waals surface area contributed by atoms with Crippen LogP contribution < -0.4 is 5.32 Å². The molecule has 2 aromatic carbocycles. The summed E-state index contributed by atoms with van der Waals surface area (Å²) in [7, 11) is 0. The molecule has 0 radical (unpaired) electrons. The molecule has 1 fully saturated rings. The zero-order valence-electron chi connectivity index (χ0n) is 16.1. The molecule has 1 heterocycles. The third-order valence-corrected chi connectivity index (χ3v) is 5.76. The maximum Gasteiger partial charge on any atom is 0.275 e. The summed E-state index contributed by atoms with van der Waals surface area (Å²) in [6, 6.07) is 10.0. The summed E-state index contributed by atoms with van der Waals surface area (Å²) < 4.78 is 26.6. The van der Waals surface area contributed by atoms with Crippen LogP contribution in [-0.4, -0.2) is 34.6 Å². The van der Waals surface area contributed by atoms with Gasteiger partial charge in [0.1, 0.15) is 17.9 Å². The molecular formula is C22H20ClF2N3O2.